The van der Waals surface area contributed by atoms with E-state index < -0.39 is 0 Å². The van der Waals surface area contributed by atoms with Gasteiger partial charge in [0.25, 0.3) is 5.91 Å². The number of rotatable bonds is 2. The zero-order chi connectivity index (χ0) is 12.4. The van der Waals surface area contributed by atoms with Gasteiger partial charge in [0.15, 0.2) is 5.82 Å². The largest absolute Gasteiger partial charge is 0.341 e. The van der Waals surface area contributed by atoms with Crippen molar-refractivity contribution in [3.63, 3.8) is 0 Å². The predicted octanol–water partition coefficient (Wildman–Crippen LogP) is 2.82. The van der Waals surface area contributed by atoms with Crippen LogP contribution < -0.4 is 5.32 Å². The van der Waals surface area contributed by atoms with Crippen molar-refractivity contribution >= 4 is 22.4 Å². The minimum absolute atomic E-state index is 0.240. The number of hydrogen-bond donors (Lipinski definition) is 2. The van der Waals surface area contributed by atoms with E-state index in [1.807, 2.05) is 42.5 Å². The molecule has 0 aliphatic carbocycles. The molecule has 0 saturated carbocycles. The molecule has 2 N–H and O–H groups in total. The van der Waals surface area contributed by atoms with E-state index in [0.29, 0.717) is 5.82 Å². The third kappa shape index (κ3) is 1.96. The van der Waals surface area contributed by atoms with Crippen molar-refractivity contribution < 1.29 is 4.79 Å². The van der Waals surface area contributed by atoms with Crippen molar-refractivity contribution in [3.8, 4) is 0 Å². The molecule has 2 aromatic carbocycles. The predicted molar refractivity (Wildman–Crippen MR) is 70.5 cm³/mol. The second kappa shape index (κ2) is 4.33. The minimum atomic E-state index is -0.240. The molecule has 3 rings (SSSR count). The number of hydrogen-bond acceptors (Lipinski definition) is 2. The highest BCUT2D eigenvalue weighted by molar-refractivity contribution is 6.02. The maximum atomic E-state index is 11.8. The second-order valence-corrected chi connectivity index (χ2v) is 3.95. The molecule has 4 nitrogen and oxygen atoms in total. The first-order chi connectivity index (χ1) is 8.83. The Hall–Kier alpha value is -2.62. The van der Waals surface area contributed by atoms with Crippen LogP contribution in [0.15, 0.2) is 54.9 Å². The Morgan fingerprint density at radius 3 is 2.72 bits per heavy atom. The number of nitrogens with one attached hydrogen (secondary N) is 2. The van der Waals surface area contributed by atoms with E-state index in [1.54, 1.807) is 12.4 Å². The Morgan fingerprint density at radius 1 is 1.11 bits per heavy atom. The maximum absolute atomic E-state index is 11.8. The molecule has 0 unspecified atom stereocenters. The normalized spacial score (nSPS) is 10.4. The third-order valence-corrected chi connectivity index (χ3v) is 2.72. The number of anilines is 1. The van der Waals surface area contributed by atoms with Crippen LogP contribution in [0.5, 0.6) is 0 Å². The third-order valence-electron chi connectivity index (χ3n) is 2.72. The number of nitrogens with zero attached hydrogens (tertiary/aromatic N) is 1. The molecule has 4 heteroatoms. The van der Waals surface area contributed by atoms with E-state index in [0.717, 1.165) is 16.5 Å². The lowest BCUT2D eigenvalue weighted by Crippen LogP contribution is -2.13. The molecule has 0 atom stereocenters. The first-order valence-electron chi connectivity index (χ1n) is 5.62. The van der Waals surface area contributed by atoms with Crippen LogP contribution in [0.4, 0.5) is 5.69 Å². The smallest absolute Gasteiger partial charge is 0.291 e. The Labute approximate surface area is 104 Å². The van der Waals surface area contributed by atoms with Gasteiger partial charge in [-0.15, -0.1) is 0 Å². The number of fused-ring (bicyclic) bond motifs is 1. The molecule has 18 heavy (non-hydrogen) atoms. The Morgan fingerprint density at radius 2 is 1.94 bits per heavy atom. The van der Waals surface area contributed by atoms with Crippen molar-refractivity contribution in [1.82, 2.24) is 9.97 Å². The number of benzene rings is 2. The summed E-state index contributed by atoms with van der Waals surface area (Å²) < 4.78 is 0. The standard InChI is InChI=1S/C14H11N3O/c18-14(13-15-7-8-16-13)17-12-6-5-10-3-1-2-4-11(10)9-12/h1-9H,(H,15,16)(H,17,18). The molecule has 0 aliphatic rings. The van der Waals surface area contributed by atoms with Crippen molar-refractivity contribution in [2.24, 2.45) is 0 Å². The summed E-state index contributed by atoms with van der Waals surface area (Å²) >= 11 is 0. The number of imidazole rings is 1. The fraction of sp³-hybridized carbons (Fsp3) is 0. The highest BCUT2D eigenvalue weighted by Gasteiger charge is 2.07. The molecule has 0 fully saturated rings. The van der Waals surface area contributed by atoms with Crippen molar-refractivity contribution in [2.45, 2.75) is 0 Å². The van der Waals surface area contributed by atoms with Gasteiger partial charge in [0.05, 0.1) is 0 Å². The first-order valence-corrected chi connectivity index (χ1v) is 5.62. The fourth-order valence-corrected chi connectivity index (χ4v) is 1.85. The molecule has 0 aliphatic heterocycles. The minimum Gasteiger partial charge on any atom is -0.341 e. The molecule has 88 valence electrons. The quantitative estimate of drug-likeness (QED) is 0.720. The van der Waals surface area contributed by atoms with Crippen LogP contribution >= 0.6 is 0 Å². The monoisotopic (exact) mass is 237 g/mol. The van der Waals surface area contributed by atoms with Crippen LogP contribution in [0.2, 0.25) is 0 Å². The highest BCUT2D eigenvalue weighted by atomic mass is 16.2. The summed E-state index contributed by atoms with van der Waals surface area (Å²) in [7, 11) is 0. The first kappa shape index (κ1) is 10.5. The number of aromatic amines is 1. The molecule has 1 aromatic heterocycles. The number of H-pyrrole nitrogens is 1. The van der Waals surface area contributed by atoms with Crippen molar-refractivity contribution in [1.29, 1.82) is 0 Å². The summed E-state index contributed by atoms with van der Waals surface area (Å²) in [6.45, 7) is 0. The van der Waals surface area contributed by atoms with E-state index in [1.165, 1.54) is 0 Å². The highest BCUT2D eigenvalue weighted by Crippen LogP contribution is 2.19. The second-order valence-electron chi connectivity index (χ2n) is 3.95. The maximum Gasteiger partial charge on any atom is 0.291 e. The molecule has 0 saturated heterocycles. The van der Waals surface area contributed by atoms with Gasteiger partial charge in [-0.05, 0) is 22.9 Å². The fourth-order valence-electron chi connectivity index (χ4n) is 1.85. The van der Waals surface area contributed by atoms with Crippen molar-refractivity contribution in [3.05, 3.63) is 60.7 Å². The van der Waals surface area contributed by atoms with Gasteiger partial charge in [-0.1, -0.05) is 30.3 Å². The Balaban J connectivity index is 1.89. The average Bonchev–Trinajstić information content (AvgIpc) is 2.92. The van der Waals surface area contributed by atoms with Crippen LogP contribution in [-0.2, 0) is 0 Å². The molecule has 0 spiro atoms. The SMILES string of the molecule is O=C(Nc1ccc2ccccc2c1)c1ncc[nH]1. The van der Waals surface area contributed by atoms with Crippen LogP contribution in [0.25, 0.3) is 10.8 Å². The number of amides is 1. The van der Waals surface area contributed by atoms with E-state index in [4.69, 9.17) is 0 Å². The lowest BCUT2D eigenvalue weighted by molar-refractivity contribution is 0.101. The van der Waals surface area contributed by atoms with Crippen LogP contribution in [-0.4, -0.2) is 15.9 Å². The zero-order valence-corrected chi connectivity index (χ0v) is 9.55. The van der Waals surface area contributed by atoms with Crippen molar-refractivity contribution in [2.75, 3.05) is 5.32 Å². The van der Waals surface area contributed by atoms with Gasteiger partial charge in [0, 0.05) is 18.1 Å². The number of carbonyl (C=O) groups is 1. The molecular weight excluding hydrogens is 226 g/mol. The van der Waals surface area contributed by atoms with Gasteiger partial charge in [-0.2, -0.15) is 0 Å². The van der Waals surface area contributed by atoms with Gasteiger partial charge in [0.2, 0.25) is 0 Å². The van der Waals surface area contributed by atoms with Gasteiger partial charge < -0.3 is 10.3 Å². The van der Waals surface area contributed by atoms with E-state index in [-0.39, 0.29) is 5.91 Å². The summed E-state index contributed by atoms with van der Waals surface area (Å²) in [5, 5.41) is 5.04. The molecule has 0 radical (unpaired) electrons. The van der Waals surface area contributed by atoms with E-state index >= 15 is 0 Å². The van der Waals surface area contributed by atoms with E-state index in [9.17, 15) is 4.79 Å². The topological polar surface area (TPSA) is 57.8 Å². The summed E-state index contributed by atoms with van der Waals surface area (Å²) in [5.41, 5.74) is 0.759. The number of aromatic nitrogens is 2. The molecule has 1 amide bonds. The van der Waals surface area contributed by atoms with Gasteiger partial charge in [-0.3, -0.25) is 4.79 Å². The van der Waals surface area contributed by atoms with E-state index in [2.05, 4.69) is 15.3 Å². The summed E-state index contributed by atoms with van der Waals surface area (Å²) in [5.74, 6) is 0.0680. The lowest BCUT2D eigenvalue weighted by atomic mass is 10.1. The van der Waals surface area contributed by atoms with Crippen LogP contribution in [0.1, 0.15) is 10.6 Å². The molecule has 0 bridgehead atoms. The molecule has 3 aromatic rings. The average molecular weight is 237 g/mol. The van der Waals surface area contributed by atoms with Gasteiger partial charge >= 0.3 is 0 Å². The number of carbonyl (C=O) groups excluding carboxylic acids is 1. The summed E-state index contributed by atoms with van der Waals surface area (Å²) in [4.78, 5) is 18.5. The molecule has 1 heterocycles. The Bertz CT molecular complexity index is 689. The molecular formula is C14H11N3O. The van der Waals surface area contributed by atoms with Crippen LogP contribution in [0.3, 0.4) is 0 Å². The summed E-state index contributed by atoms with van der Waals surface area (Å²) in [6, 6.07) is 13.8. The Kier molecular flexibility index (Phi) is 2.53. The zero-order valence-electron chi connectivity index (χ0n) is 9.55. The van der Waals surface area contributed by atoms with Gasteiger partial charge in [-0.25, -0.2) is 4.98 Å². The lowest BCUT2D eigenvalue weighted by Gasteiger charge is -2.04. The van der Waals surface area contributed by atoms with Gasteiger partial charge in [0.1, 0.15) is 0 Å². The van der Waals surface area contributed by atoms with Crippen LogP contribution in [0, 0.1) is 0 Å². The summed E-state index contributed by atoms with van der Waals surface area (Å²) in [6.07, 6.45) is 3.17.